The molecule has 0 saturated heterocycles. The third-order valence-electron chi connectivity index (χ3n) is 1.95. The second-order valence-corrected chi connectivity index (χ2v) is 4.81. The maximum absolute atomic E-state index is 5.88. The van der Waals surface area contributed by atoms with E-state index in [0.29, 0.717) is 10.3 Å². The van der Waals surface area contributed by atoms with Crippen molar-refractivity contribution in [1.29, 1.82) is 0 Å². The second-order valence-electron chi connectivity index (χ2n) is 3.65. The molecule has 1 aromatic heterocycles. The molecule has 1 rings (SSSR count). The minimum atomic E-state index is 0.481. The van der Waals surface area contributed by atoms with Crippen molar-refractivity contribution >= 4 is 29.2 Å². The molecule has 6 heteroatoms. The van der Waals surface area contributed by atoms with Crippen LogP contribution in [-0.2, 0) is 0 Å². The molecule has 0 atom stereocenters. The fourth-order valence-corrected chi connectivity index (χ4v) is 1.80. The van der Waals surface area contributed by atoms with Crippen molar-refractivity contribution in [3.8, 4) is 0 Å². The van der Waals surface area contributed by atoms with Gasteiger partial charge >= 0.3 is 0 Å². The van der Waals surface area contributed by atoms with Crippen LogP contribution in [0.25, 0.3) is 0 Å². The SMILES string of the molecule is CSc1nc(Cl)cc(NCCCN(C)C)n1. The molecule has 1 aromatic rings. The molecule has 4 nitrogen and oxygen atoms in total. The molecule has 0 fully saturated rings. The Hall–Kier alpha value is -0.520. The lowest BCUT2D eigenvalue weighted by molar-refractivity contribution is 0.405. The van der Waals surface area contributed by atoms with E-state index in [4.69, 9.17) is 11.6 Å². The van der Waals surface area contributed by atoms with E-state index in [-0.39, 0.29) is 0 Å². The van der Waals surface area contributed by atoms with E-state index in [1.54, 1.807) is 6.07 Å². The Labute approximate surface area is 106 Å². The smallest absolute Gasteiger partial charge is 0.190 e. The summed E-state index contributed by atoms with van der Waals surface area (Å²) in [6.45, 7) is 1.94. The summed E-state index contributed by atoms with van der Waals surface area (Å²) in [5.41, 5.74) is 0. The molecule has 0 aliphatic heterocycles. The van der Waals surface area contributed by atoms with Crippen LogP contribution in [0.15, 0.2) is 11.2 Å². The van der Waals surface area contributed by atoms with Gasteiger partial charge in [0.25, 0.3) is 0 Å². The molecule has 0 unspecified atom stereocenters. The zero-order valence-corrected chi connectivity index (χ0v) is 11.4. The number of nitrogens with one attached hydrogen (secondary N) is 1. The van der Waals surface area contributed by atoms with Crippen LogP contribution in [-0.4, -0.2) is 48.3 Å². The Bertz CT molecular complexity index is 333. The summed E-state index contributed by atoms with van der Waals surface area (Å²) in [5, 5.41) is 4.42. The summed E-state index contributed by atoms with van der Waals surface area (Å²) in [7, 11) is 4.13. The van der Waals surface area contributed by atoms with Crippen molar-refractivity contribution in [1.82, 2.24) is 14.9 Å². The van der Waals surface area contributed by atoms with Gasteiger partial charge in [-0.3, -0.25) is 0 Å². The molecule has 16 heavy (non-hydrogen) atoms. The van der Waals surface area contributed by atoms with Gasteiger partial charge in [-0.25, -0.2) is 9.97 Å². The van der Waals surface area contributed by atoms with E-state index in [1.165, 1.54) is 11.8 Å². The largest absolute Gasteiger partial charge is 0.370 e. The van der Waals surface area contributed by atoms with E-state index >= 15 is 0 Å². The van der Waals surface area contributed by atoms with Crippen LogP contribution in [0.3, 0.4) is 0 Å². The van der Waals surface area contributed by atoms with E-state index in [1.807, 2.05) is 6.26 Å². The first kappa shape index (κ1) is 13.5. The minimum Gasteiger partial charge on any atom is -0.370 e. The molecule has 1 N–H and O–H groups in total. The van der Waals surface area contributed by atoms with Gasteiger partial charge in [0.2, 0.25) is 0 Å². The summed E-state index contributed by atoms with van der Waals surface area (Å²) in [6.07, 6.45) is 3.00. The van der Waals surface area contributed by atoms with E-state index in [2.05, 4.69) is 34.3 Å². The highest BCUT2D eigenvalue weighted by Crippen LogP contribution is 2.16. The van der Waals surface area contributed by atoms with Crippen LogP contribution in [0.4, 0.5) is 5.82 Å². The number of thioether (sulfide) groups is 1. The van der Waals surface area contributed by atoms with Crippen molar-refractivity contribution in [2.45, 2.75) is 11.6 Å². The summed E-state index contributed by atoms with van der Waals surface area (Å²) in [6, 6.07) is 1.75. The molecule has 0 aromatic carbocycles. The molecule has 1 heterocycles. The highest BCUT2D eigenvalue weighted by Gasteiger charge is 2.01. The molecule has 0 amide bonds. The molecule has 0 saturated carbocycles. The monoisotopic (exact) mass is 260 g/mol. The Balaban J connectivity index is 2.44. The molecule has 90 valence electrons. The van der Waals surface area contributed by atoms with Gasteiger partial charge in [-0.15, -0.1) is 0 Å². The van der Waals surface area contributed by atoms with Crippen LogP contribution in [0.2, 0.25) is 5.15 Å². The normalized spacial score (nSPS) is 10.8. The summed E-state index contributed by atoms with van der Waals surface area (Å²) in [5.74, 6) is 0.795. The van der Waals surface area contributed by atoms with Crippen LogP contribution >= 0.6 is 23.4 Å². The average Bonchev–Trinajstić information content (AvgIpc) is 2.23. The highest BCUT2D eigenvalue weighted by molar-refractivity contribution is 7.98. The first-order valence-electron chi connectivity index (χ1n) is 5.09. The zero-order valence-electron chi connectivity index (χ0n) is 9.83. The van der Waals surface area contributed by atoms with Gasteiger partial charge in [-0.05, 0) is 33.3 Å². The predicted octanol–water partition coefficient (Wildman–Crippen LogP) is 2.22. The predicted molar refractivity (Wildman–Crippen MR) is 70.5 cm³/mol. The van der Waals surface area contributed by atoms with Gasteiger partial charge in [0.1, 0.15) is 11.0 Å². The summed E-state index contributed by atoms with van der Waals surface area (Å²) >= 11 is 7.37. The van der Waals surface area contributed by atoms with Crippen LogP contribution in [0.1, 0.15) is 6.42 Å². The third kappa shape index (κ3) is 5.01. The first-order valence-corrected chi connectivity index (χ1v) is 6.69. The van der Waals surface area contributed by atoms with Crippen molar-refractivity contribution in [2.75, 3.05) is 38.8 Å². The molecule has 0 spiro atoms. The fraction of sp³-hybridized carbons (Fsp3) is 0.600. The number of anilines is 1. The van der Waals surface area contributed by atoms with Crippen LogP contribution in [0.5, 0.6) is 0 Å². The topological polar surface area (TPSA) is 41.1 Å². The number of rotatable bonds is 6. The lowest BCUT2D eigenvalue weighted by Gasteiger charge is -2.10. The number of halogens is 1. The minimum absolute atomic E-state index is 0.481. The zero-order chi connectivity index (χ0) is 12.0. The van der Waals surface area contributed by atoms with Crippen molar-refractivity contribution in [2.24, 2.45) is 0 Å². The first-order chi connectivity index (χ1) is 7.61. The van der Waals surface area contributed by atoms with Gasteiger partial charge in [0, 0.05) is 12.6 Å². The number of hydrogen-bond acceptors (Lipinski definition) is 5. The Morgan fingerprint density at radius 1 is 1.44 bits per heavy atom. The maximum atomic E-state index is 5.88. The highest BCUT2D eigenvalue weighted by atomic mass is 35.5. The average molecular weight is 261 g/mol. The van der Waals surface area contributed by atoms with Gasteiger partial charge in [-0.2, -0.15) is 0 Å². The van der Waals surface area contributed by atoms with E-state index in [0.717, 1.165) is 25.3 Å². The lowest BCUT2D eigenvalue weighted by Crippen LogP contribution is -2.16. The van der Waals surface area contributed by atoms with Gasteiger partial charge in [-0.1, -0.05) is 23.4 Å². The molecular weight excluding hydrogens is 244 g/mol. The molecular formula is C10H17ClN4S. The van der Waals surface area contributed by atoms with E-state index < -0.39 is 0 Å². The van der Waals surface area contributed by atoms with Gasteiger partial charge in [0.15, 0.2) is 5.16 Å². The molecule has 0 bridgehead atoms. The van der Waals surface area contributed by atoms with Gasteiger partial charge < -0.3 is 10.2 Å². The van der Waals surface area contributed by atoms with Crippen LogP contribution < -0.4 is 5.32 Å². The Morgan fingerprint density at radius 3 is 2.81 bits per heavy atom. The number of aromatic nitrogens is 2. The number of hydrogen-bond donors (Lipinski definition) is 1. The Kier molecular flexibility index (Phi) is 5.87. The third-order valence-corrected chi connectivity index (χ3v) is 2.69. The maximum Gasteiger partial charge on any atom is 0.190 e. The van der Waals surface area contributed by atoms with Crippen molar-refractivity contribution in [3.05, 3.63) is 11.2 Å². The summed E-state index contributed by atoms with van der Waals surface area (Å²) in [4.78, 5) is 10.5. The van der Waals surface area contributed by atoms with Gasteiger partial charge in [0.05, 0.1) is 0 Å². The molecule has 0 radical (unpaired) electrons. The van der Waals surface area contributed by atoms with E-state index in [9.17, 15) is 0 Å². The number of nitrogens with zero attached hydrogens (tertiary/aromatic N) is 3. The quantitative estimate of drug-likeness (QED) is 0.368. The van der Waals surface area contributed by atoms with Crippen molar-refractivity contribution in [3.63, 3.8) is 0 Å². The summed E-state index contributed by atoms with van der Waals surface area (Å²) < 4.78 is 0. The second kappa shape index (κ2) is 6.93. The Morgan fingerprint density at radius 2 is 2.19 bits per heavy atom. The fourth-order valence-electron chi connectivity index (χ4n) is 1.19. The van der Waals surface area contributed by atoms with Crippen molar-refractivity contribution < 1.29 is 0 Å². The lowest BCUT2D eigenvalue weighted by atomic mass is 10.4. The molecule has 0 aliphatic rings. The van der Waals surface area contributed by atoms with Crippen LogP contribution in [0, 0.1) is 0 Å². The standard InChI is InChI=1S/C10H17ClN4S/c1-15(2)6-4-5-12-9-7-8(11)13-10(14-9)16-3/h7H,4-6H2,1-3H3,(H,12,13,14). The molecule has 0 aliphatic carbocycles.